The minimum atomic E-state index is -0.470. The Balaban J connectivity index is 2.15. The fraction of sp³-hybridized carbons (Fsp3) is 0.588. The number of benzene rings is 1. The van der Waals surface area contributed by atoms with Gasteiger partial charge in [0.15, 0.2) is 0 Å². The number of methoxy groups -OCH3 is 1. The number of aliphatic hydroxyl groups is 1. The average Bonchev–Trinajstić information content (AvgIpc) is 2.52. The van der Waals surface area contributed by atoms with Crippen LogP contribution >= 0.6 is 0 Å². The largest absolute Gasteiger partial charge is 0.493 e. The Labute approximate surface area is 131 Å². The SMILES string of the molecule is CCCCC(O)c1ccc2c(c1)C(NC(=O)COC)CCO2. The summed E-state index contributed by atoms with van der Waals surface area (Å²) >= 11 is 0. The van der Waals surface area contributed by atoms with E-state index in [1.165, 1.54) is 7.11 Å². The lowest BCUT2D eigenvalue weighted by atomic mass is 9.95. The van der Waals surface area contributed by atoms with Gasteiger partial charge < -0.3 is 19.9 Å². The standard InChI is InChI=1S/C17H25NO4/c1-3-4-5-15(19)12-6-7-16-13(10-12)14(8-9-22-16)18-17(20)11-21-2/h6-7,10,14-15,19H,3-5,8-9,11H2,1-2H3,(H,18,20). The molecule has 0 bridgehead atoms. The summed E-state index contributed by atoms with van der Waals surface area (Å²) in [6.45, 7) is 2.73. The van der Waals surface area contributed by atoms with Gasteiger partial charge in [0.25, 0.3) is 0 Å². The number of ether oxygens (including phenoxy) is 2. The number of fused-ring (bicyclic) bond motifs is 1. The predicted molar refractivity (Wildman–Crippen MR) is 83.8 cm³/mol. The molecule has 0 aromatic heterocycles. The summed E-state index contributed by atoms with van der Waals surface area (Å²) in [4.78, 5) is 11.8. The number of amides is 1. The number of unbranched alkanes of at least 4 members (excludes halogenated alkanes) is 1. The van der Waals surface area contributed by atoms with Gasteiger partial charge in [-0.1, -0.05) is 25.8 Å². The fourth-order valence-electron chi connectivity index (χ4n) is 2.70. The molecule has 1 aromatic carbocycles. The minimum absolute atomic E-state index is 0.0471. The molecule has 1 aromatic rings. The van der Waals surface area contributed by atoms with Crippen molar-refractivity contribution >= 4 is 5.91 Å². The zero-order valence-electron chi connectivity index (χ0n) is 13.3. The maximum atomic E-state index is 11.8. The molecule has 1 heterocycles. The van der Waals surface area contributed by atoms with Crippen LogP contribution in [0.1, 0.15) is 55.9 Å². The molecule has 0 radical (unpaired) electrons. The van der Waals surface area contributed by atoms with Crippen molar-refractivity contribution in [3.05, 3.63) is 29.3 Å². The summed E-state index contributed by atoms with van der Waals surface area (Å²) in [5.74, 6) is 0.637. The van der Waals surface area contributed by atoms with E-state index in [4.69, 9.17) is 9.47 Å². The first-order chi connectivity index (χ1) is 10.7. The van der Waals surface area contributed by atoms with Crippen molar-refractivity contribution < 1.29 is 19.4 Å². The highest BCUT2D eigenvalue weighted by atomic mass is 16.5. The number of aliphatic hydroxyl groups excluding tert-OH is 1. The lowest BCUT2D eigenvalue weighted by Gasteiger charge is -2.27. The molecule has 122 valence electrons. The smallest absolute Gasteiger partial charge is 0.246 e. The fourth-order valence-corrected chi connectivity index (χ4v) is 2.70. The highest BCUT2D eigenvalue weighted by Crippen LogP contribution is 2.34. The van der Waals surface area contributed by atoms with Crippen molar-refractivity contribution in [1.29, 1.82) is 0 Å². The Kier molecular flexibility index (Phi) is 6.21. The molecular weight excluding hydrogens is 282 g/mol. The van der Waals surface area contributed by atoms with E-state index in [0.717, 1.165) is 42.6 Å². The molecule has 5 nitrogen and oxygen atoms in total. The molecule has 0 fully saturated rings. The maximum Gasteiger partial charge on any atom is 0.246 e. The van der Waals surface area contributed by atoms with Crippen molar-refractivity contribution in [3.8, 4) is 5.75 Å². The summed E-state index contributed by atoms with van der Waals surface area (Å²) in [5, 5.41) is 13.2. The van der Waals surface area contributed by atoms with Crippen LogP contribution in [0, 0.1) is 0 Å². The minimum Gasteiger partial charge on any atom is -0.493 e. The van der Waals surface area contributed by atoms with Crippen LogP contribution < -0.4 is 10.1 Å². The number of rotatable bonds is 7. The van der Waals surface area contributed by atoms with Crippen LogP contribution in [-0.4, -0.2) is 31.3 Å². The van der Waals surface area contributed by atoms with E-state index in [1.807, 2.05) is 18.2 Å². The van der Waals surface area contributed by atoms with Crippen LogP contribution in [0.15, 0.2) is 18.2 Å². The van der Waals surface area contributed by atoms with Gasteiger partial charge in [0, 0.05) is 19.1 Å². The van der Waals surface area contributed by atoms with E-state index < -0.39 is 6.10 Å². The van der Waals surface area contributed by atoms with Gasteiger partial charge in [-0.2, -0.15) is 0 Å². The Bertz CT molecular complexity index is 503. The van der Waals surface area contributed by atoms with Crippen LogP contribution in [0.3, 0.4) is 0 Å². The van der Waals surface area contributed by atoms with Gasteiger partial charge in [0.2, 0.25) is 5.91 Å². The first-order valence-corrected chi connectivity index (χ1v) is 7.88. The van der Waals surface area contributed by atoms with Gasteiger partial charge in [-0.05, 0) is 24.1 Å². The number of carbonyl (C=O) groups is 1. The third-order valence-corrected chi connectivity index (χ3v) is 3.90. The van der Waals surface area contributed by atoms with Gasteiger partial charge in [-0.3, -0.25) is 4.79 Å². The van der Waals surface area contributed by atoms with Crippen LogP contribution in [0.4, 0.5) is 0 Å². The summed E-state index contributed by atoms with van der Waals surface area (Å²) in [6, 6.07) is 5.64. The predicted octanol–water partition coefficient (Wildman–Crippen LogP) is 2.50. The topological polar surface area (TPSA) is 67.8 Å². The van der Waals surface area contributed by atoms with Crippen LogP contribution in [0.5, 0.6) is 5.75 Å². The molecule has 1 amide bonds. The molecule has 1 aliphatic heterocycles. The molecular formula is C17H25NO4. The summed E-state index contributed by atoms with van der Waals surface area (Å²) in [7, 11) is 1.50. The monoisotopic (exact) mass is 307 g/mol. The second-order valence-electron chi connectivity index (χ2n) is 5.65. The Morgan fingerprint density at radius 3 is 3.09 bits per heavy atom. The van der Waals surface area contributed by atoms with E-state index in [1.54, 1.807) is 0 Å². The van der Waals surface area contributed by atoms with Gasteiger partial charge in [-0.15, -0.1) is 0 Å². The van der Waals surface area contributed by atoms with Crippen molar-refractivity contribution in [3.63, 3.8) is 0 Å². The molecule has 0 aliphatic carbocycles. The van der Waals surface area contributed by atoms with E-state index >= 15 is 0 Å². The average molecular weight is 307 g/mol. The Morgan fingerprint density at radius 2 is 2.36 bits per heavy atom. The van der Waals surface area contributed by atoms with Crippen molar-refractivity contribution in [1.82, 2.24) is 5.32 Å². The zero-order valence-corrected chi connectivity index (χ0v) is 13.3. The second kappa shape index (κ2) is 8.15. The van der Waals surface area contributed by atoms with Crippen molar-refractivity contribution in [2.75, 3.05) is 20.3 Å². The first kappa shape index (κ1) is 16.8. The number of hydrogen-bond acceptors (Lipinski definition) is 4. The molecule has 2 rings (SSSR count). The normalized spacial score (nSPS) is 18.2. The summed E-state index contributed by atoms with van der Waals surface area (Å²) < 4.78 is 10.5. The van der Waals surface area contributed by atoms with Crippen molar-refractivity contribution in [2.24, 2.45) is 0 Å². The third-order valence-electron chi connectivity index (χ3n) is 3.90. The molecule has 0 spiro atoms. The maximum absolute atomic E-state index is 11.8. The van der Waals surface area contributed by atoms with Gasteiger partial charge in [0.1, 0.15) is 12.4 Å². The Hall–Kier alpha value is -1.59. The molecule has 2 atom stereocenters. The molecule has 5 heteroatoms. The van der Waals surface area contributed by atoms with E-state index in [-0.39, 0.29) is 18.6 Å². The first-order valence-electron chi connectivity index (χ1n) is 7.88. The molecule has 0 saturated heterocycles. The van der Waals surface area contributed by atoms with E-state index in [0.29, 0.717) is 6.61 Å². The van der Waals surface area contributed by atoms with Gasteiger partial charge in [-0.25, -0.2) is 0 Å². The van der Waals surface area contributed by atoms with Gasteiger partial charge in [0.05, 0.1) is 18.8 Å². The highest BCUT2D eigenvalue weighted by molar-refractivity contribution is 5.77. The third kappa shape index (κ3) is 4.21. The van der Waals surface area contributed by atoms with Crippen LogP contribution in [0.25, 0.3) is 0 Å². The van der Waals surface area contributed by atoms with Crippen LogP contribution in [-0.2, 0) is 9.53 Å². The molecule has 2 N–H and O–H groups in total. The molecule has 2 unspecified atom stereocenters. The molecule has 1 aliphatic rings. The van der Waals surface area contributed by atoms with Crippen molar-refractivity contribution in [2.45, 2.75) is 44.8 Å². The highest BCUT2D eigenvalue weighted by Gasteiger charge is 2.24. The summed E-state index contributed by atoms with van der Waals surface area (Å²) in [6.07, 6.45) is 3.04. The Morgan fingerprint density at radius 1 is 1.55 bits per heavy atom. The zero-order chi connectivity index (χ0) is 15.9. The van der Waals surface area contributed by atoms with E-state index in [9.17, 15) is 9.90 Å². The second-order valence-corrected chi connectivity index (χ2v) is 5.65. The lowest BCUT2D eigenvalue weighted by molar-refractivity contribution is -0.125. The molecule has 22 heavy (non-hydrogen) atoms. The summed E-state index contributed by atoms with van der Waals surface area (Å²) in [5.41, 5.74) is 1.81. The lowest BCUT2D eigenvalue weighted by Crippen LogP contribution is -2.34. The molecule has 0 saturated carbocycles. The number of hydrogen-bond donors (Lipinski definition) is 2. The van der Waals surface area contributed by atoms with E-state index in [2.05, 4.69) is 12.2 Å². The van der Waals surface area contributed by atoms with Gasteiger partial charge >= 0.3 is 0 Å². The van der Waals surface area contributed by atoms with Crippen LogP contribution in [0.2, 0.25) is 0 Å². The quantitative estimate of drug-likeness (QED) is 0.812. The number of carbonyl (C=O) groups excluding carboxylic acids is 1. The number of nitrogens with one attached hydrogen (secondary N) is 1.